The highest BCUT2D eigenvalue weighted by atomic mass is 16.1. The van der Waals surface area contributed by atoms with E-state index >= 15 is 0 Å². The monoisotopic (exact) mass is 418 g/mol. The van der Waals surface area contributed by atoms with Crippen molar-refractivity contribution in [3.8, 4) is 0 Å². The van der Waals surface area contributed by atoms with Gasteiger partial charge in [-0.3, -0.25) is 14.4 Å². The van der Waals surface area contributed by atoms with Crippen molar-refractivity contribution < 1.29 is 14.4 Å². The Morgan fingerprint density at radius 1 is 0.767 bits per heavy atom. The maximum atomic E-state index is 11.5. The summed E-state index contributed by atoms with van der Waals surface area (Å²) in [5.41, 5.74) is 1.37. The summed E-state index contributed by atoms with van der Waals surface area (Å²) in [7, 11) is 0. The molecule has 0 spiro atoms. The highest BCUT2D eigenvalue weighted by Crippen LogP contribution is 2.36. The summed E-state index contributed by atoms with van der Waals surface area (Å²) in [6.07, 6.45) is 15.5. The molecular formula is C26H44NO3+. The van der Waals surface area contributed by atoms with E-state index in [0.717, 1.165) is 19.5 Å². The lowest BCUT2D eigenvalue weighted by Gasteiger charge is -2.33. The number of allylic oxidation sites excluding steroid dienone is 2. The van der Waals surface area contributed by atoms with Crippen molar-refractivity contribution in [1.29, 1.82) is 0 Å². The summed E-state index contributed by atoms with van der Waals surface area (Å²) >= 11 is 0. The molecule has 1 aliphatic heterocycles. The number of hydrogen-bond acceptors (Lipinski definition) is 4. The van der Waals surface area contributed by atoms with Crippen molar-refractivity contribution in [1.82, 2.24) is 4.90 Å². The van der Waals surface area contributed by atoms with Gasteiger partial charge < -0.3 is 4.90 Å². The Morgan fingerprint density at radius 2 is 1.27 bits per heavy atom. The molecule has 1 saturated heterocycles. The molecule has 0 bridgehead atoms. The fraction of sp³-hybridized carbons (Fsp3) is 0.769. The van der Waals surface area contributed by atoms with Crippen molar-refractivity contribution in [2.75, 3.05) is 13.1 Å². The second kappa shape index (κ2) is 11.7. The first-order valence-electron chi connectivity index (χ1n) is 11.4. The lowest BCUT2D eigenvalue weighted by molar-refractivity contribution is -0.133. The number of likely N-dealkylation sites (tertiary alicyclic amines) is 1. The standard InChI is InChI=1S/C12H19NO.C8H12O2.C5H9.CH4/c1-12(2)8-10(7-11(14)9-12)13-5-3-4-6-13;1-8(2)4-6(9)3-7(10)5-8;1-2-4-5-3-1;/h7H,3-6,8-9H2,1-2H3;3-5H2,1-2H3;1H,2-5H2;1H4/q;;+1;. The van der Waals surface area contributed by atoms with Gasteiger partial charge in [0.15, 0.2) is 5.78 Å². The average Bonchev–Trinajstić information content (AvgIpc) is 3.28. The van der Waals surface area contributed by atoms with E-state index in [4.69, 9.17) is 0 Å². The van der Waals surface area contributed by atoms with Gasteiger partial charge >= 0.3 is 0 Å². The molecule has 0 N–H and O–H groups in total. The van der Waals surface area contributed by atoms with Crippen molar-refractivity contribution in [2.45, 2.75) is 106 Å². The van der Waals surface area contributed by atoms with E-state index < -0.39 is 0 Å². The van der Waals surface area contributed by atoms with E-state index in [0.29, 0.717) is 25.0 Å². The largest absolute Gasteiger partial charge is 0.375 e. The first-order valence-corrected chi connectivity index (χ1v) is 11.4. The maximum Gasteiger partial charge on any atom is 0.157 e. The van der Waals surface area contributed by atoms with Crippen molar-refractivity contribution in [2.24, 2.45) is 10.8 Å². The van der Waals surface area contributed by atoms with Crippen LogP contribution in [0.3, 0.4) is 0 Å². The van der Waals surface area contributed by atoms with Crippen LogP contribution in [0, 0.1) is 17.3 Å². The summed E-state index contributed by atoms with van der Waals surface area (Å²) < 4.78 is 0. The molecular weight excluding hydrogens is 374 g/mol. The van der Waals surface area contributed by atoms with Gasteiger partial charge in [-0.05, 0) is 42.9 Å². The third-order valence-electron chi connectivity index (χ3n) is 5.96. The van der Waals surface area contributed by atoms with Gasteiger partial charge in [0.05, 0.1) is 25.7 Å². The van der Waals surface area contributed by atoms with Crippen LogP contribution in [-0.4, -0.2) is 35.3 Å². The molecule has 0 unspecified atom stereocenters. The summed E-state index contributed by atoms with van der Waals surface area (Å²) in [5.74, 6) is 0.505. The van der Waals surface area contributed by atoms with Crippen molar-refractivity contribution in [3.05, 3.63) is 18.2 Å². The first kappa shape index (κ1) is 26.5. The molecule has 1 heterocycles. The molecule has 4 heteroatoms. The molecule has 0 aromatic carbocycles. The normalized spacial score (nSPS) is 24.5. The highest BCUT2D eigenvalue weighted by Gasteiger charge is 2.31. The molecule has 0 aromatic heterocycles. The van der Waals surface area contributed by atoms with Crippen LogP contribution >= 0.6 is 0 Å². The minimum atomic E-state index is -0.0770. The molecule has 0 amide bonds. The van der Waals surface area contributed by atoms with E-state index in [-0.39, 0.29) is 36.2 Å². The van der Waals surface area contributed by atoms with Gasteiger partial charge in [0.2, 0.25) is 0 Å². The quantitative estimate of drug-likeness (QED) is 0.382. The van der Waals surface area contributed by atoms with Crippen LogP contribution in [0.2, 0.25) is 0 Å². The van der Waals surface area contributed by atoms with Crippen LogP contribution in [0.5, 0.6) is 0 Å². The van der Waals surface area contributed by atoms with Gasteiger partial charge in [0.25, 0.3) is 0 Å². The van der Waals surface area contributed by atoms with Gasteiger partial charge in [-0.15, -0.1) is 0 Å². The minimum Gasteiger partial charge on any atom is -0.375 e. The van der Waals surface area contributed by atoms with Crippen LogP contribution in [-0.2, 0) is 14.4 Å². The van der Waals surface area contributed by atoms with Gasteiger partial charge in [-0.1, -0.05) is 35.1 Å². The first-order chi connectivity index (χ1) is 13.6. The van der Waals surface area contributed by atoms with E-state index in [1.165, 1.54) is 44.2 Å². The number of nitrogens with zero attached hydrogens (tertiary/aromatic N) is 1. The van der Waals surface area contributed by atoms with E-state index in [9.17, 15) is 14.4 Å². The Hall–Kier alpha value is -1.58. The molecule has 0 aromatic rings. The molecule has 0 radical (unpaired) electrons. The Balaban J connectivity index is 0.000000246. The van der Waals surface area contributed by atoms with Gasteiger partial charge in [0, 0.05) is 44.1 Å². The van der Waals surface area contributed by atoms with Gasteiger partial charge in [-0.25, -0.2) is 0 Å². The number of rotatable bonds is 1. The topological polar surface area (TPSA) is 54.5 Å². The van der Waals surface area contributed by atoms with Gasteiger partial charge in [0.1, 0.15) is 11.6 Å². The Morgan fingerprint density at radius 3 is 1.67 bits per heavy atom. The summed E-state index contributed by atoms with van der Waals surface area (Å²) in [6, 6.07) is 0. The number of carbonyl (C=O) groups is 3. The second-order valence-electron chi connectivity index (χ2n) is 10.7. The van der Waals surface area contributed by atoms with E-state index in [1.807, 2.05) is 19.9 Å². The van der Waals surface area contributed by atoms with Crippen LogP contribution < -0.4 is 0 Å². The van der Waals surface area contributed by atoms with E-state index in [2.05, 4.69) is 25.2 Å². The number of carbonyl (C=O) groups excluding carboxylic acids is 3. The van der Waals surface area contributed by atoms with Crippen LogP contribution in [0.15, 0.2) is 11.8 Å². The number of hydrogen-bond donors (Lipinski definition) is 0. The Kier molecular flexibility index (Phi) is 10.3. The molecule has 4 rings (SSSR count). The van der Waals surface area contributed by atoms with E-state index in [1.54, 1.807) is 0 Å². The van der Waals surface area contributed by atoms with Crippen LogP contribution in [0.1, 0.15) is 106 Å². The molecule has 4 aliphatic rings. The molecule has 30 heavy (non-hydrogen) atoms. The lowest BCUT2D eigenvalue weighted by Crippen LogP contribution is -2.29. The smallest absolute Gasteiger partial charge is 0.157 e. The molecule has 170 valence electrons. The molecule has 4 nitrogen and oxygen atoms in total. The maximum absolute atomic E-state index is 11.5. The second-order valence-corrected chi connectivity index (χ2v) is 10.7. The molecule has 0 atom stereocenters. The van der Waals surface area contributed by atoms with Gasteiger partial charge in [-0.2, -0.15) is 0 Å². The fourth-order valence-corrected chi connectivity index (χ4v) is 4.72. The molecule has 3 aliphatic carbocycles. The van der Waals surface area contributed by atoms with Crippen LogP contribution in [0.4, 0.5) is 0 Å². The summed E-state index contributed by atoms with van der Waals surface area (Å²) in [6.45, 7) is 10.6. The fourth-order valence-electron chi connectivity index (χ4n) is 4.72. The third kappa shape index (κ3) is 9.49. The zero-order valence-corrected chi connectivity index (χ0v) is 19.0. The number of Topliss-reactive ketones (excluding diaryl/α,β-unsaturated/α-hetero) is 2. The SMILES string of the molecule is C.CC1(C)CC(=O)C=C(N2CCCC2)C1.CC1(C)CC(=O)CC(=O)C1.[CH+]1CCCC1. The zero-order chi connectivity index (χ0) is 21.5. The minimum absolute atomic E-state index is 0. The molecule has 2 saturated carbocycles. The molecule has 3 fully saturated rings. The average molecular weight is 419 g/mol. The highest BCUT2D eigenvalue weighted by molar-refractivity contribution is 6.02. The van der Waals surface area contributed by atoms with Crippen molar-refractivity contribution in [3.63, 3.8) is 0 Å². The lowest BCUT2D eigenvalue weighted by atomic mass is 9.76. The summed E-state index contributed by atoms with van der Waals surface area (Å²) in [5, 5.41) is 0. The predicted octanol–water partition coefficient (Wildman–Crippen LogP) is 6.09. The zero-order valence-electron chi connectivity index (χ0n) is 19.0. The predicted molar refractivity (Wildman–Crippen MR) is 124 cm³/mol. The Bertz CT molecular complexity index is 595. The van der Waals surface area contributed by atoms with Crippen LogP contribution in [0.25, 0.3) is 0 Å². The summed E-state index contributed by atoms with van der Waals surface area (Å²) in [4.78, 5) is 35.7. The number of ketones is 3. The Labute approximate surface area is 184 Å². The third-order valence-corrected chi connectivity index (χ3v) is 5.96. The van der Waals surface area contributed by atoms with Crippen molar-refractivity contribution >= 4 is 17.3 Å².